The molecule has 2 aromatic rings. The van der Waals surface area contributed by atoms with Crippen molar-refractivity contribution in [1.82, 2.24) is 4.90 Å². The number of benzene rings is 2. The van der Waals surface area contributed by atoms with Crippen molar-refractivity contribution in [1.29, 1.82) is 0 Å². The van der Waals surface area contributed by atoms with Gasteiger partial charge in [0.15, 0.2) is 0 Å². The first-order valence-electron chi connectivity index (χ1n) is 11.1. The van der Waals surface area contributed by atoms with Gasteiger partial charge >= 0.3 is 5.97 Å². The molecule has 2 bridgehead atoms. The highest BCUT2D eigenvalue weighted by Gasteiger charge is 2.67. The molecule has 5 atom stereocenters. The number of likely N-dealkylation sites (tertiary alicyclic amines) is 1. The monoisotopic (exact) mass is 433 g/mol. The number of carbonyl (C=O) groups is 2. The fourth-order valence-corrected chi connectivity index (χ4v) is 5.35. The number of ether oxygens (including phenoxy) is 3. The zero-order valence-electron chi connectivity index (χ0n) is 18.3. The van der Waals surface area contributed by atoms with Gasteiger partial charge in [-0.25, -0.2) is 0 Å². The van der Waals surface area contributed by atoms with Gasteiger partial charge in [-0.15, -0.1) is 0 Å². The molecule has 5 rings (SSSR count). The van der Waals surface area contributed by atoms with Crippen LogP contribution in [0.5, 0.6) is 5.75 Å². The summed E-state index contributed by atoms with van der Waals surface area (Å²) in [6.07, 6.45) is 4.24. The summed E-state index contributed by atoms with van der Waals surface area (Å²) < 4.78 is 17.1. The van der Waals surface area contributed by atoms with Crippen LogP contribution in [-0.2, 0) is 25.7 Å². The molecule has 1 spiro atoms. The van der Waals surface area contributed by atoms with Gasteiger partial charge < -0.3 is 19.1 Å². The summed E-state index contributed by atoms with van der Waals surface area (Å²) in [5.41, 5.74) is 1.21. The predicted octanol–water partition coefficient (Wildman–Crippen LogP) is 3.67. The number of hydrogen-bond acceptors (Lipinski definition) is 5. The Kier molecular flexibility index (Phi) is 5.25. The van der Waals surface area contributed by atoms with Crippen LogP contribution in [0.3, 0.4) is 0 Å². The van der Waals surface area contributed by atoms with E-state index in [9.17, 15) is 9.59 Å². The number of nitrogens with zero attached hydrogens (tertiary/aromatic N) is 1. The zero-order valence-corrected chi connectivity index (χ0v) is 18.3. The van der Waals surface area contributed by atoms with E-state index in [0.717, 1.165) is 23.3 Å². The third kappa shape index (κ3) is 3.30. The average molecular weight is 434 g/mol. The summed E-state index contributed by atoms with van der Waals surface area (Å²) in [7, 11) is 1.63. The molecule has 0 radical (unpaired) electrons. The van der Waals surface area contributed by atoms with Crippen LogP contribution in [0, 0.1) is 11.8 Å². The molecule has 3 aliphatic rings. The summed E-state index contributed by atoms with van der Waals surface area (Å²) in [6, 6.07) is 17.3. The minimum Gasteiger partial charge on any atom is -0.497 e. The van der Waals surface area contributed by atoms with Crippen molar-refractivity contribution < 1.29 is 23.8 Å². The number of rotatable bonds is 7. The van der Waals surface area contributed by atoms with Crippen LogP contribution in [-0.4, -0.2) is 42.1 Å². The molecule has 3 heterocycles. The van der Waals surface area contributed by atoms with Crippen molar-refractivity contribution in [2.75, 3.05) is 13.7 Å². The van der Waals surface area contributed by atoms with Crippen molar-refractivity contribution >= 4 is 11.9 Å². The van der Waals surface area contributed by atoms with E-state index in [1.165, 1.54) is 0 Å². The highest BCUT2D eigenvalue weighted by molar-refractivity contribution is 5.91. The smallest absolute Gasteiger partial charge is 0.313 e. The maximum atomic E-state index is 13.6. The molecule has 3 aliphatic heterocycles. The second-order valence-electron chi connectivity index (χ2n) is 8.66. The largest absolute Gasteiger partial charge is 0.497 e. The van der Waals surface area contributed by atoms with Crippen molar-refractivity contribution in [2.24, 2.45) is 11.8 Å². The van der Waals surface area contributed by atoms with Crippen LogP contribution < -0.4 is 4.74 Å². The lowest BCUT2D eigenvalue weighted by Crippen LogP contribution is -2.40. The average Bonchev–Trinajstić information content (AvgIpc) is 3.47. The van der Waals surface area contributed by atoms with E-state index < -0.39 is 23.5 Å². The molecule has 2 aromatic carbocycles. The lowest BCUT2D eigenvalue weighted by molar-refractivity contribution is -0.155. The van der Waals surface area contributed by atoms with Crippen molar-refractivity contribution in [3.8, 4) is 5.75 Å². The molecule has 5 unspecified atom stereocenters. The fraction of sp³-hybridized carbons (Fsp3) is 0.385. The second-order valence-corrected chi connectivity index (χ2v) is 8.66. The Morgan fingerprint density at radius 2 is 1.94 bits per heavy atom. The van der Waals surface area contributed by atoms with Gasteiger partial charge in [-0.3, -0.25) is 9.59 Å². The number of carbonyl (C=O) groups excluding carboxylic acids is 2. The van der Waals surface area contributed by atoms with E-state index in [0.29, 0.717) is 6.54 Å². The van der Waals surface area contributed by atoms with E-state index in [-0.39, 0.29) is 24.5 Å². The Bertz CT molecular complexity index is 1030. The topological polar surface area (TPSA) is 65.1 Å². The molecule has 1 amide bonds. The Balaban J connectivity index is 1.36. The van der Waals surface area contributed by atoms with Crippen molar-refractivity contribution in [3.05, 3.63) is 77.9 Å². The Labute approximate surface area is 187 Å². The zero-order chi connectivity index (χ0) is 22.3. The van der Waals surface area contributed by atoms with Gasteiger partial charge in [-0.1, -0.05) is 61.5 Å². The van der Waals surface area contributed by atoms with Gasteiger partial charge in [-0.2, -0.15) is 0 Å². The van der Waals surface area contributed by atoms with E-state index >= 15 is 0 Å². The Morgan fingerprint density at radius 3 is 2.62 bits per heavy atom. The molecule has 6 heteroatoms. The minimum absolute atomic E-state index is 0.0406. The summed E-state index contributed by atoms with van der Waals surface area (Å²) >= 11 is 0. The van der Waals surface area contributed by atoms with Gasteiger partial charge in [-0.05, 0) is 29.7 Å². The quantitative estimate of drug-likeness (QED) is 0.492. The highest BCUT2D eigenvalue weighted by atomic mass is 16.6. The van der Waals surface area contributed by atoms with Crippen LogP contribution in [0.1, 0.15) is 30.5 Å². The first kappa shape index (κ1) is 20.8. The van der Waals surface area contributed by atoms with Gasteiger partial charge in [0.25, 0.3) is 0 Å². The number of fused-ring (bicyclic) bond motifs is 1. The normalized spacial score (nSPS) is 28.6. The van der Waals surface area contributed by atoms with Crippen LogP contribution in [0.25, 0.3) is 0 Å². The number of amides is 1. The second kappa shape index (κ2) is 8.10. The highest BCUT2D eigenvalue weighted by Crippen LogP contribution is 2.53. The first-order chi connectivity index (χ1) is 15.6. The molecule has 0 aliphatic carbocycles. The van der Waals surface area contributed by atoms with Crippen LogP contribution >= 0.6 is 0 Å². The van der Waals surface area contributed by atoms with Crippen LogP contribution in [0.2, 0.25) is 0 Å². The third-order valence-electron chi connectivity index (χ3n) is 6.89. The standard InChI is InChI=1S/C26H27NO5/c1-3-20(18-9-11-19(30-2)12-10-18)27-16-26-14-13-21(32-26)22(23(26)24(27)28)25(29)31-15-17-7-5-4-6-8-17/h4-14,20-23H,3,15-16H2,1-2H3. The predicted molar refractivity (Wildman–Crippen MR) is 118 cm³/mol. The molecule has 0 saturated carbocycles. The lowest BCUT2D eigenvalue weighted by atomic mass is 9.77. The molecule has 0 N–H and O–H groups in total. The van der Waals surface area contributed by atoms with Crippen LogP contribution in [0.4, 0.5) is 0 Å². The molecular weight excluding hydrogens is 406 g/mol. The molecule has 6 nitrogen and oxygen atoms in total. The molecule has 2 fully saturated rings. The Morgan fingerprint density at radius 1 is 1.19 bits per heavy atom. The maximum Gasteiger partial charge on any atom is 0.313 e. The molecule has 32 heavy (non-hydrogen) atoms. The molecular formula is C26H27NO5. The molecule has 2 saturated heterocycles. The van der Waals surface area contributed by atoms with E-state index in [4.69, 9.17) is 14.2 Å². The van der Waals surface area contributed by atoms with E-state index in [2.05, 4.69) is 6.92 Å². The maximum absolute atomic E-state index is 13.6. The van der Waals surface area contributed by atoms with Gasteiger partial charge in [0.1, 0.15) is 23.9 Å². The van der Waals surface area contributed by atoms with Gasteiger partial charge in [0, 0.05) is 0 Å². The lowest BCUT2D eigenvalue weighted by Gasteiger charge is -2.30. The number of hydrogen-bond donors (Lipinski definition) is 0. The number of esters is 1. The molecule has 166 valence electrons. The Hall–Kier alpha value is -3.12. The van der Waals surface area contributed by atoms with Crippen molar-refractivity contribution in [2.45, 2.75) is 37.7 Å². The third-order valence-corrected chi connectivity index (χ3v) is 6.89. The minimum atomic E-state index is -0.752. The van der Waals surface area contributed by atoms with Gasteiger partial charge in [0.05, 0.1) is 31.7 Å². The van der Waals surface area contributed by atoms with Gasteiger partial charge in [0.2, 0.25) is 5.91 Å². The summed E-state index contributed by atoms with van der Waals surface area (Å²) in [5.74, 6) is -0.801. The summed E-state index contributed by atoms with van der Waals surface area (Å²) in [6.45, 7) is 2.69. The summed E-state index contributed by atoms with van der Waals surface area (Å²) in [4.78, 5) is 28.6. The van der Waals surface area contributed by atoms with Crippen LogP contribution in [0.15, 0.2) is 66.7 Å². The van der Waals surface area contributed by atoms with E-state index in [1.807, 2.05) is 71.6 Å². The summed E-state index contributed by atoms with van der Waals surface area (Å²) in [5, 5.41) is 0. The SMILES string of the molecule is CCC(c1ccc(OC)cc1)N1CC23C=CC(O2)C(C(=O)OCc2ccccc2)C3C1=O. The fourth-order valence-electron chi connectivity index (χ4n) is 5.35. The van der Waals surface area contributed by atoms with Crippen molar-refractivity contribution in [3.63, 3.8) is 0 Å². The number of methoxy groups -OCH3 is 1. The molecule has 0 aromatic heterocycles. The first-order valence-corrected chi connectivity index (χ1v) is 11.1. The van der Waals surface area contributed by atoms with E-state index in [1.54, 1.807) is 7.11 Å².